The topological polar surface area (TPSA) is 106 Å². The molecule has 0 aromatic heterocycles. The summed E-state index contributed by atoms with van der Waals surface area (Å²) in [6.07, 6.45) is 4.98. The number of amides is 1. The largest absolute Gasteiger partial charge is 0.398 e. The van der Waals surface area contributed by atoms with Crippen molar-refractivity contribution in [3.63, 3.8) is 0 Å². The lowest BCUT2D eigenvalue weighted by atomic mass is 9.96. The van der Waals surface area contributed by atoms with E-state index in [4.69, 9.17) is 11.5 Å². The van der Waals surface area contributed by atoms with Crippen molar-refractivity contribution in [2.45, 2.75) is 43.0 Å². The Balaban J connectivity index is 2.32. The molecule has 4 N–H and O–H groups in total. The number of anilines is 1. The molecule has 0 spiro atoms. The van der Waals surface area contributed by atoms with E-state index in [1.165, 1.54) is 22.5 Å². The number of nitrogen functional groups attached to an aromatic ring is 1. The molecule has 0 aliphatic heterocycles. The summed E-state index contributed by atoms with van der Waals surface area (Å²) in [5.74, 6) is -0.633. The Kier molecular flexibility index (Phi) is 4.53. The van der Waals surface area contributed by atoms with Crippen LogP contribution in [0, 0.1) is 0 Å². The molecule has 1 fully saturated rings. The lowest BCUT2D eigenvalue weighted by Gasteiger charge is -2.30. The van der Waals surface area contributed by atoms with Crippen molar-refractivity contribution in [3.05, 3.63) is 23.8 Å². The van der Waals surface area contributed by atoms with Gasteiger partial charge >= 0.3 is 0 Å². The molecular weight excluding hydrogens is 290 g/mol. The molecule has 1 aliphatic rings. The zero-order valence-corrected chi connectivity index (χ0v) is 12.9. The number of nitrogens with zero attached hydrogens (tertiary/aromatic N) is 1. The fourth-order valence-corrected chi connectivity index (χ4v) is 4.24. The molecule has 1 aromatic rings. The fraction of sp³-hybridized carbons (Fsp3) is 0.500. The van der Waals surface area contributed by atoms with Gasteiger partial charge in [-0.05, 0) is 31.0 Å². The van der Waals surface area contributed by atoms with Crippen LogP contribution >= 0.6 is 0 Å². The van der Waals surface area contributed by atoms with Gasteiger partial charge in [0.15, 0.2) is 0 Å². The van der Waals surface area contributed by atoms with Gasteiger partial charge in [-0.15, -0.1) is 0 Å². The highest BCUT2D eigenvalue weighted by molar-refractivity contribution is 7.89. The second-order valence-electron chi connectivity index (χ2n) is 5.43. The molecule has 0 heterocycles. The molecule has 0 atom stereocenters. The van der Waals surface area contributed by atoms with Crippen LogP contribution in [0.1, 0.15) is 42.5 Å². The Morgan fingerprint density at radius 1 is 1.24 bits per heavy atom. The zero-order valence-electron chi connectivity index (χ0n) is 12.1. The van der Waals surface area contributed by atoms with Crippen LogP contribution in [0.15, 0.2) is 23.1 Å². The van der Waals surface area contributed by atoms with Crippen LogP contribution < -0.4 is 11.5 Å². The highest BCUT2D eigenvalue weighted by Crippen LogP contribution is 2.29. The molecule has 1 aliphatic carbocycles. The second kappa shape index (κ2) is 6.03. The number of benzene rings is 1. The molecule has 1 aromatic carbocycles. The van der Waals surface area contributed by atoms with E-state index in [0.29, 0.717) is 0 Å². The van der Waals surface area contributed by atoms with E-state index < -0.39 is 15.9 Å². The first-order valence-corrected chi connectivity index (χ1v) is 8.45. The number of hydrogen-bond acceptors (Lipinski definition) is 4. The van der Waals surface area contributed by atoms with Crippen LogP contribution in [0.3, 0.4) is 0 Å². The van der Waals surface area contributed by atoms with E-state index >= 15 is 0 Å². The van der Waals surface area contributed by atoms with Crippen molar-refractivity contribution in [1.82, 2.24) is 4.31 Å². The number of hydrogen-bond donors (Lipinski definition) is 2. The maximum Gasteiger partial charge on any atom is 0.248 e. The summed E-state index contributed by atoms with van der Waals surface area (Å²) >= 11 is 0. The Labute approximate surface area is 125 Å². The summed E-state index contributed by atoms with van der Waals surface area (Å²) in [5.41, 5.74) is 11.2. The van der Waals surface area contributed by atoms with Gasteiger partial charge in [-0.25, -0.2) is 8.42 Å². The summed E-state index contributed by atoms with van der Waals surface area (Å²) in [7, 11) is -2.07. The molecule has 7 heteroatoms. The Morgan fingerprint density at radius 3 is 2.38 bits per heavy atom. The first kappa shape index (κ1) is 15.8. The molecule has 0 bridgehead atoms. The quantitative estimate of drug-likeness (QED) is 0.818. The van der Waals surface area contributed by atoms with E-state index in [9.17, 15) is 13.2 Å². The van der Waals surface area contributed by atoms with Crippen molar-refractivity contribution in [2.75, 3.05) is 12.8 Å². The van der Waals surface area contributed by atoms with E-state index in [-0.39, 0.29) is 22.2 Å². The van der Waals surface area contributed by atoms with Gasteiger partial charge in [0.1, 0.15) is 4.90 Å². The van der Waals surface area contributed by atoms with Crippen LogP contribution in [-0.2, 0) is 10.0 Å². The number of sulfonamides is 1. The minimum atomic E-state index is -3.66. The Morgan fingerprint density at radius 2 is 1.86 bits per heavy atom. The molecule has 21 heavy (non-hydrogen) atoms. The van der Waals surface area contributed by atoms with Gasteiger partial charge in [-0.1, -0.05) is 19.3 Å². The summed E-state index contributed by atoms with van der Waals surface area (Å²) < 4.78 is 26.7. The maximum atomic E-state index is 12.7. The molecule has 6 nitrogen and oxygen atoms in total. The van der Waals surface area contributed by atoms with E-state index in [1.807, 2.05) is 0 Å². The molecule has 1 saturated carbocycles. The van der Waals surface area contributed by atoms with Gasteiger partial charge in [-0.3, -0.25) is 4.79 Å². The van der Waals surface area contributed by atoms with Crippen molar-refractivity contribution in [3.8, 4) is 0 Å². The van der Waals surface area contributed by atoms with Crippen molar-refractivity contribution in [2.24, 2.45) is 5.73 Å². The summed E-state index contributed by atoms with van der Waals surface area (Å²) in [6, 6.07) is 4.06. The molecule has 0 saturated heterocycles. The van der Waals surface area contributed by atoms with Crippen molar-refractivity contribution in [1.29, 1.82) is 0 Å². The first-order valence-electron chi connectivity index (χ1n) is 7.01. The van der Waals surface area contributed by atoms with Crippen LogP contribution in [-0.4, -0.2) is 31.7 Å². The summed E-state index contributed by atoms with van der Waals surface area (Å²) in [6.45, 7) is 0. The highest BCUT2D eigenvalue weighted by Gasteiger charge is 2.30. The van der Waals surface area contributed by atoms with E-state index in [2.05, 4.69) is 0 Å². The smallest absolute Gasteiger partial charge is 0.248 e. The van der Waals surface area contributed by atoms with Crippen molar-refractivity contribution < 1.29 is 13.2 Å². The first-order chi connectivity index (χ1) is 9.84. The van der Waals surface area contributed by atoms with E-state index in [0.717, 1.165) is 32.1 Å². The van der Waals surface area contributed by atoms with Crippen LogP contribution in [0.5, 0.6) is 0 Å². The van der Waals surface area contributed by atoms with Crippen LogP contribution in [0.4, 0.5) is 5.69 Å². The molecular formula is C14H21N3O3S. The number of nitrogens with two attached hydrogens (primary N) is 2. The van der Waals surface area contributed by atoms with Gasteiger partial charge in [-0.2, -0.15) is 4.31 Å². The highest BCUT2D eigenvalue weighted by atomic mass is 32.2. The molecule has 0 unspecified atom stereocenters. The molecule has 116 valence electrons. The third-order valence-corrected chi connectivity index (χ3v) is 6.02. The second-order valence-corrected chi connectivity index (χ2v) is 7.40. The average molecular weight is 311 g/mol. The summed E-state index contributed by atoms with van der Waals surface area (Å²) in [4.78, 5) is 11.1. The Bertz CT molecular complexity index is 637. The predicted octanol–water partition coefficient (Wildman–Crippen LogP) is 1.32. The van der Waals surface area contributed by atoms with Gasteiger partial charge in [0.2, 0.25) is 15.9 Å². The minimum Gasteiger partial charge on any atom is -0.398 e. The van der Waals surface area contributed by atoms with E-state index in [1.54, 1.807) is 7.05 Å². The number of rotatable bonds is 4. The molecule has 1 amide bonds. The summed E-state index contributed by atoms with van der Waals surface area (Å²) in [5, 5.41) is 0. The van der Waals surface area contributed by atoms with Gasteiger partial charge < -0.3 is 11.5 Å². The number of carbonyl (C=O) groups excluding carboxylic acids is 1. The number of carbonyl (C=O) groups is 1. The lowest BCUT2D eigenvalue weighted by Crippen LogP contribution is -2.38. The molecule has 0 radical (unpaired) electrons. The fourth-order valence-electron chi connectivity index (χ4n) is 2.73. The van der Waals surface area contributed by atoms with Crippen molar-refractivity contribution >= 4 is 21.6 Å². The molecule has 2 rings (SSSR count). The lowest BCUT2D eigenvalue weighted by molar-refractivity contribution is 0.1000. The maximum absolute atomic E-state index is 12.7. The van der Waals surface area contributed by atoms with Gasteiger partial charge in [0, 0.05) is 18.7 Å². The standard InChI is InChI=1S/C14H21N3O3S/c1-17(11-5-3-2-4-6-11)21(19,20)13-8-7-10(14(16)18)9-12(13)15/h7-9,11H,2-6,15H2,1H3,(H2,16,18). The van der Waals surface area contributed by atoms with Gasteiger partial charge in [0.25, 0.3) is 0 Å². The van der Waals surface area contributed by atoms with Crippen LogP contribution in [0.25, 0.3) is 0 Å². The predicted molar refractivity (Wildman–Crippen MR) is 81.2 cm³/mol. The minimum absolute atomic E-state index is 0.0129. The Hall–Kier alpha value is -1.60. The average Bonchev–Trinajstić information content (AvgIpc) is 2.46. The SMILES string of the molecule is CN(C1CCCCC1)S(=O)(=O)c1ccc(C(N)=O)cc1N. The van der Waals surface area contributed by atoms with Gasteiger partial charge in [0.05, 0.1) is 5.69 Å². The monoisotopic (exact) mass is 311 g/mol. The normalized spacial score (nSPS) is 17.0. The third-order valence-electron chi connectivity index (χ3n) is 4.04. The zero-order chi connectivity index (χ0) is 15.6. The number of primary amides is 1. The third kappa shape index (κ3) is 3.19. The van der Waals surface area contributed by atoms with Crippen LogP contribution in [0.2, 0.25) is 0 Å².